The molecule has 1 aliphatic rings. The third-order valence-corrected chi connectivity index (χ3v) is 5.07. The summed E-state index contributed by atoms with van der Waals surface area (Å²) >= 11 is 0. The van der Waals surface area contributed by atoms with Gasteiger partial charge in [-0.05, 0) is 63.3 Å². The molecule has 150 valence electrons. The molecule has 1 fully saturated rings. The monoisotopic (exact) mass is 384 g/mol. The summed E-state index contributed by atoms with van der Waals surface area (Å²) in [5.41, 5.74) is 1.85. The number of para-hydroxylation sites is 1. The molecule has 3 rings (SSSR count). The topological polar surface area (TPSA) is 80.7 Å². The zero-order chi connectivity index (χ0) is 19.9. The number of carbonyl (C=O) groups excluding carboxylic acids is 1. The molecule has 1 amide bonds. The number of pyridine rings is 1. The van der Waals surface area contributed by atoms with Gasteiger partial charge in [-0.15, -0.1) is 0 Å². The predicted molar refractivity (Wildman–Crippen MR) is 106 cm³/mol. The Balaban J connectivity index is 1.40. The Hall–Kier alpha value is -2.60. The van der Waals surface area contributed by atoms with Gasteiger partial charge in [-0.2, -0.15) is 0 Å². The molecule has 0 saturated heterocycles. The molecule has 0 radical (unpaired) electrons. The molecule has 2 N–H and O–H groups in total. The van der Waals surface area contributed by atoms with Crippen molar-refractivity contribution >= 4 is 5.91 Å². The lowest BCUT2D eigenvalue weighted by atomic mass is 9.92. The Morgan fingerprint density at radius 2 is 1.86 bits per heavy atom. The number of nitrogens with one attached hydrogen (secondary N) is 1. The molecule has 0 bridgehead atoms. The Labute approximate surface area is 165 Å². The highest BCUT2D eigenvalue weighted by atomic mass is 16.5. The van der Waals surface area contributed by atoms with E-state index in [0.29, 0.717) is 5.75 Å². The van der Waals surface area contributed by atoms with E-state index in [2.05, 4.69) is 10.3 Å². The van der Waals surface area contributed by atoms with Crippen molar-refractivity contribution in [2.45, 2.75) is 57.8 Å². The number of nitrogens with zero attached hydrogens (tertiary/aromatic N) is 1. The van der Waals surface area contributed by atoms with Gasteiger partial charge in [-0.1, -0.05) is 18.2 Å². The van der Waals surface area contributed by atoms with E-state index >= 15 is 0 Å². The molecule has 1 unspecified atom stereocenters. The largest absolute Gasteiger partial charge is 0.490 e. The minimum Gasteiger partial charge on any atom is -0.490 e. The van der Waals surface area contributed by atoms with Crippen LogP contribution in [0.25, 0.3) is 0 Å². The molecule has 1 aromatic heterocycles. The lowest BCUT2D eigenvalue weighted by molar-refractivity contribution is -0.131. The average Bonchev–Trinajstić information content (AvgIpc) is 2.70. The molecule has 28 heavy (non-hydrogen) atoms. The summed E-state index contributed by atoms with van der Waals surface area (Å²) in [6.45, 7) is 3.80. The highest BCUT2D eigenvalue weighted by molar-refractivity contribution is 5.80. The van der Waals surface area contributed by atoms with E-state index in [1.54, 1.807) is 6.20 Å². The number of aromatic nitrogens is 1. The standard InChI is InChI=1S/C22H28N2O4/c1-15-6-3-4-7-20(15)27-14-19(25)22(26)24-17-9-11-18(12-10-17)28-21-8-5-13-23-16(21)2/h3-8,13,17-19,25H,9-12,14H2,1-2H3,(H,24,26). The van der Waals surface area contributed by atoms with Crippen molar-refractivity contribution in [3.8, 4) is 11.5 Å². The summed E-state index contributed by atoms with van der Waals surface area (Å²) in [4.78, 5) is 16.5. The molecule has 0 spiro atoms. The normalized spacial score (nSPS) is 20.2. The van der Waals surface area contributed by atoms with Crippen molar-refractivity contribution in [3.05, 3.63) is 53.9 Å². The maximum atomic E-state index is 12.3. The number of aliphatic hydroxyl groups excluding tert-OH is 1. The van der Waals surface area contributed by atoms with E-state index in [-0.39, 0.29) is 24.7 Å². The minimum atomic E-state index is -1.19. The van der Waals surface area contributed by atoms with E-state index in [0.717, 1.165) is 42.7 Å². The third kappa shape index (κ3) is 5.45. The molecule has 2 aromatic rings. The maximum absolute atomic E-state index is 12.3. The molecule has 0 aliphatic heterocycles. The van der Waals surface area contributed by atoms with Crippen LogP contribution in [-0.4, -0.2) is 40.9 Å². The fraction of sp³-hybridized carbons (Fsp3) is 0.455. The zero-order valence-corrected chi connectivity index (χ0v) is 16.4. The number of amides is 1. The van der Waals surface area contributed by atoms with Crippen molar-refractivity contribution in [2.24, 2.45) is 0 Å². The summed E-state index contributed by atoms with van der Waals surface area (Å²) < 4.78 is 11.6. The first-order valence-electron chi connectivity index (χ1n) is 9.78. The van der Waals surface area contributed by atoms with Crippen LogP contribution in [0.15, 0.2) is 42.6 Å². The lowest BCUT2D eigenvalue weighted by Crippen LogP contribution is -2.45. The van der Waals surface area contributed by atoms with E-state index in [1.807, 2.05) is 50.2 Å². The number of aryl methyl sites for hydroxylation is 2. The summed E-state index contributed by atoms with van der Waals surface area (Å²) in [5.74, 6) is 1.11. The molecule has 6 nitrogen and oxygen atoms in total. The molecule has 1 aliphatic carbocycles. The van der Waals surface area contributed by atoms with Crippen molar-refractivity contribution in [1.82, 2.24) is 10.3 Å². The first-order chi connectivity index (χ1) is 13.5. The predicted octanol–water partition coefficient (Wildman–Crippen LogP) is 2.94. The van der Waals surface area contributed by atoms with Crippen molar-refractivity contribution in [3.63, 3.8) is 0 Å². The van der Waals surface area contributed by atoms with Crippen LogP contribution < -0.4 is 14.8 Å². The van der Waals surface area contributed by atoms with Gasteiger partial charge in [0.1, 0.15) is 18.1 Å². The Morgan fingerprint density at radius 3 is 2.57 bits per heavy atom. The van der Waals surface area contributed by atoms with Crippen LogP contribution in [0.2, 0.25) is 0 Å². The van der Waals surface area contributed by atoms with Gasteiger partial charge in [0, 0.05) is 12.2 Å². The molecular weight excluding hydrogens is 356 g/mol. The molecule has 1 aromatic carbocycles. The van der Waals surface area contributed by atoms with E-state index < -0.39 is 6.10 Å². The van der Waals surface area contributed by atoms with Crippen LogP contribution in [-0.2, 0) is 4.79 Å². The molecule has 6 heteroatoms. The van der Waals surface area contributed by atoms with Crippen molar-refractivity contribution < 1.29 is 19.4 Å². The van der Waals surface area contributed by atoms with Crippen LogP contribution in [0, 0.1) is 13.8 Å². The third-order valence-electron chi connectivity index (χ3n) is 5.07. The average molecular weight is 384 g/mol. The summed E-state index contributed by atoms with van der Waals surface area (Å²) in [7, 11) is 0. The summed E-state index contributed by atoms with van der Waals surface area (Å²) in [6, 6.07) is 11.4. The molecule has 1 heterocycles. The first kappa shape index (κ1) is 20.1. The second-order valence-electron chi connectivity index (χ2n) is 7.28. The van der Waals surface area contributed by atoms with Crippen LogP contribution in [0.5, 0.6) is 11.5 Å². The van der Waals surface area contributed by atoms with Gasteiger partial charge in [0.2, 0.25) is 0 Å². The highest BCUT2D eigenvalue weighted by Gasteiger charge is 2.26. The van der Waals surface area contributed by atoms with Crippen molar-refractivity contribution in [2.75, 3.05) is 6.61 Å². The van der Waals surface area contributed by atoms with Gasteiger partial charge < -0.3 is 19.9 Å². The van der Waals surface area contributed by atoms with Crippen LogP contribution >= 0.6 is 0 Å². The van der Waals surface area contributed by atoms with Crippen molar-refractivity contribution in [1.29, 1.82) is 0 Å². The van der Waals surface area contributed by atoms with Gasteiger partial charge in [0.25, 0.3) is 5.91 Å². The minimum absolute atomic E-state index is 0.0513. The fourth-order valence-electron chi connectivity index (χ4n) is 3.36. The fourth-order valence-corrected chi connectivity index (χ4v) is 3.36. The van der Waals surface area contributed by atoms with Gasteiger partial charge in [0.15, 0.2) is 6.10 Å². The highest BCUT2D eigenvalue weighted by Crippen LogP contribution is 2.25. The maximum Gasteiger partial charge on any atom is 0.252 e. The number of rotatable bonds is 7. The second kappa shape index (κ2) is 9.55. The first-order valence-corrected chi connectivity index (χ1v) is 9.78. The summed E-state index contributed by atoms with van der Waals surface area (Å²) in [6.07, 6.45) is 4.05. The Bertz CT molecular complexity index is 788. The number of hydrogen-bond acceptors (Lipinski definition) is 5. The Kier molecular flexibility index (Phi) is 6.87. The smallest absolute Gasteiger partial charge is 0.252 e. The van der Waals surface area contributed by atoms with Crippen LogP contribution in [0.3, 0.4) is 0 Å². The number of hydrogen-bond donors (Lipinski definition) is 2. The van der Waals surface area contributed by atoms with E-state index in [4.69, 9.17) is 9.47 Å². The lowest BCUT2D eigenvalue weighted by Gasteiger charge is -2.30. The second-order valence-corrected chi connectivity index (χ2v) is 7.28. The summed E-state index contributed by atoms with van der Waals surface area (Å²) in [5, 5.41) is 13.0. The molecule has 1 saturated carbocycles. The molecular formula is C22H28N2O4. The van der Waals surface area contributed by atoms with Gasteiger partial charge in [-0.25, -0.2) is 0 Å². The van der Waals surface area contributed by atoms with Gasteiger partial charge in [0.05, 0.1) is 11.8 Å². The van der Waals surface area contributed by atoms with Gasteiger partial charge in [-0.3, -0.25) is 9.78 Å². The quantitative estimate of drug-likeness (QED) is 0.767. The SMILES string of the molecule is Cc1ccccc1OCC(O)C(=O)NC1CCC(Oc2cccnc2C)CC1. The number of ether oxygens (including phenoxy) is 2. The number of benzene rings is 1. The van der Waals surface area contributed by atoms with Crippen LogP contribution in [0.1, 0.15) is 36.9 Å². The Morgan fingerprint density at radius 1 is 1.14 bits per heavy atom. The van der Waals surface area contributed by atoms with Crippen LogP contribution in [0.4, 0.5) is 0 Å². The van der Waals surface area contributed by atoms with E-state index in [9.17, 15) is 9.90 Å². The van der Waals surface area contributed by atoms with Gasteiger partial charge >= 0.3 is 0 Å². The number of aliphatic hydroxyl groups is 1. The molecule has 1 atom stereocenters. The zero-order valence-electron chi connectivity index (χ0n) is 16.4. The number of carbonyl (C=O) groups is 1. The van der Waals surface area contributed by atoms with E-state index in [1.165, 1.54) is 0 Å².